The third-order valence-electron chi connectivity index (χ3n) is 6.19. The van der Waals surface area contributed by atoms with E-state index in [1.165, 1.54) is 16.7 Å². The topological polar surface area (TPSA) is 102 Å². The van der Waals surface area contributed by atoms with Gasteiger partial charge >= 0.3 is 0 Å². The van der Waals surface area contributed by atoms with E-state index in [1.54, 1.807) is 21.6 Å². The summed E-state index contributed by atoms with van der Waals surface area (Å²) in [7, 11) is -2.08. The van der Waals surface area contributed by atoms with Gasteiger partial charge in [-0.1, -0.05) is 18.2 Å². The number of carbonyl (C=O) groups excluding carboxylic acids is 1. The number of rotatable bonds is 4. The molecule has 1 amide bonds. The molecule has 2 aliphatic rings. The lowest BCUT2D eigenvalue weighted by molar-refractivity contribution is -0.121. The molecule has 4 heterocycles. The van der Waals surface area contributed by atoms with E-state index < -0.39 is 21.5 Å². The minimum Gasteiger partial charge on any atom is -0.337 e. The lowest BCUT2D eigenvalue weighted by Crippen LogP contribution is -2.43. The number of amides is 1. The number of imidazole rings is 1. The van der Waals surface area contributed by atoms with Gasteiger partial charge in [-0.2, -0.15) is 9.40 Å². The molecule has 156 valence electrons. The zero-order chi connectivity index (χ0) is 21.1. The maximum Gasteiger partial charge on any atom is 0.246 e. The predicted octanol–water partition coefficient (Wildman–Crippen LogP) is 1.66. The number of hydrogen-bond donors (Lipinski definition) is 1. The van der Waals surface area contributed by atoms with Gasteiger partial charge in [0.25, 0.3) is 0 Å². The van der Waals surface area contributed by atoms with Crippen molar-refractivity contribution in [1.82, 2.24) is 23.6 Å². The number of fused-ring (bicyclic) bond motifs is 2. The van der Waals surface area contributed by atoms with Crippen LogP contribution in [0.25, 0.3) is 0 Å². The Labute approximate surface area is 174 Å². The van der Waals surface area contributed by atoms with E-state index in [2.05, 4.69) is 15.4 Å². The highest BCUT2D eigenvalue weighted by molar-refractivity contribution is 7.89. The Bertz CT molecular complexity index is 1250. The van der Waals surface area contributed by atoms with Crippen molar-refractivity contribution in [1.29, 1.82) is 0 Å². The first kappa shape index (κ1) is 19.0. The van der Waals surface area contributed by atoms with Crippen molar-refractivity contribution in [2.24, 2.45) is 7.05 Å². The van der Waals surface area contributed by atoms with Crippen LogP contribution in [0.15, 0.2) is 53.9 Å². The van der Waals surface area contributed by atoms with Gasteiger partial charge in [-0.15, -0.1) is 0 Å². The lowest BCUT2D eigenvalue weighted by atomic mass is 9.75. The normalized spacial score (nSPS) is 23.8. The Balaban J connectivity index is 1.71. The molecule has 0 unspecified atom stereocenters. The molecular formula is C20H22N6O3S. The van der Waals surface area contributed by atoms with Crippen LogP contribution in [-0.2, 0) is 33.8 Å². The molecule has 3 aromatic rings. The fourth-order valence-electron chi connectivity index (χ4n) is 4.69. The molecule has 1 saturated heterocycles. The maximum atomic E-state index is 13.6. The van der Waals surface area contributed by atoms with Crippen LogP contribution in [0.1, 0.15) is 30.8 Å². The Morgan fingerprint density at radius 3 is 2.80 bits per heavy atom. The summed E-state index contributed by atoms with van der Waals surface area (Å²) in [6, 6.07) is 6.71. The first-order chi connectivity index (χ1) is 14.4. The van der Waals surface area contributed by atoms with Crippen LogP contribution in [0.3, 0.4) is 0 Å². The van der Waals surface area contributed by atoms with E-state index in [0.29, 0.717) is 18.8 Å². The first-order valence-corrected chi connectivity index (χ1v) is 11.3. The Kier molecular flexibility index (Phi) is 4.13. The smallest absolute Gasteiger partial charge is 0.246 e. The van der Waals surface area contributed by atoms with E-state index in [-0.39, 0.29) is 17.3 Å². The van der Waals surface area contributed by atoms with E-state index in [4.69, 9.17) is 0 Å². The number of sulfonamides is 1. The van der Waals surface area contributed by atoms with Crippen LogP contribution < -0.4 is 5.32 Å². The zero-order valence-electron chi connectivity index (χ0n) is 16.7. The van der Waals surface area contributed by atoms with Gasteiger partial charge in [0.1, 0.15) is 22.2 Å². The fraction of sp³-hybridized carbons (Fsp3) is 0.350. The molecule has 5 rings (SSSR count). The number of anilines is 1. The molecule has 1 N–H and O–H groups in total. The predicted molar refractivity (Wildman–Crippen MR) is 109 cm³/mol. The summed E-state index contributed by atoms with van der Waals surface area (Å²) < 4.78 is 32.1. The van der Waals surface area contributed by atoms with Crippen molar-refractivity contribution in [3.63, 3.8) is 0 Å². The summed E-state index contributed by atoms with van der Waals surface area (Å²) in [6.45, 7) is 2.67. The summed E-state index contributed by atoms with van der Waals surface area (Å²) in [5.41, 5.74) is 0.494. The van der Waals surface area contributed by atoms with E-state index in [1.807, 2.05) is 38.2 Å². The van der Waals surface area contributed by atoms with Crippen LogP contribution in [-0.4, -0.2) is 44.5 Å². The van der Waals surface area contributed by atoms with E-state index in [0.717, 1.165) is 11.3 Å². The van der Waals surface area contributed by atoms with Crippen molar-refractivity contribution < 1.29 is 13.2 Å². The molecule has 2 atom stereocenters. The monoisotopic (exact) mass is 426 g/mol. The second kappa shape index (κ2) is 6.51. The second-order valence-electron chi connectivity index (χ2n) is 7.67. The van der Waals surface area contributed by atoms with Gasteiger partial charge < -0.3 is 9.88 Å². The number of aryl methyl sites for hydroxylation is 2. The van der Waals surface area contributed by atoms with Gasteiger partial charge in [0.15, 0.2) is 0 Å². The minimum absolute atomic E-state index is 0.118. The molecular weight excluding hydrogens is 404 g/mol. The Hall–Kier alpha value is -2.98. The highest BCUT2D eigenvalue weighted by atomic mass is 32.2. The Morgan fingerprint density at radius 2 is 2.10 bits per heavy atom. The fourth-order valence-corrected chi connectivity index (χ4v) is 6.28. The number of carbonyl (C=O) groups is 1. The third-order valence-corrected chi connectivity index (χ3v) is 8.00. The van der Waals surface area contributed by atoms with Crippen LogP contribution in [0, 0.1) is 0 Å². The standard InChI is InChI=1S/C20H22N6O3S/c1-3-25-13-14(12-22-25)30(28,29)26-10-8-20(17(26)18-21-9-11-24(18)2)15-6-4-5-7-16(15)23-19(20)27/h4-7,9,11-13,17H,3,8,10H2,1-2H3,(H,23,27)/t17-,20+/m0/s1. The van der Waals surface area contributed by atoms with E-state index in [9.17, 15) is 13.2 Å². The average molecular weight is 427 g/mol. The molecule has 2 aliphatic heterocycles. The van der Waals surface area contributed by atoms with Crippen LogP contribution >= 0.6 is 0 Å². The number of hydrogen-bond acceptors (Lipinski definition) is 5. The van der Waals surface area contributed by atoms with Gasteiger partial charge in [-0.05, 0) is 25.0 Å². The molecule has 1 fully saturated rings. The number of nitrogens with zero attached hydrogens (tertiary/aromatic N) is 5. The molecule has 0 bridgehead atoms. The Morgan fingerprint density at radius 1 is 1.30 bits per heavy atom. The van der Waals surface area contributed by atoms with Gasteiger partial charge in [0.05, 0.1) is 6.20 Å². The van der Waals surface area contributed by atoms with Gasteiger partial charge in [-0.3, -0.25) is 9.48 Å². The molecule has 2 aromatic heterocycles. The van der Waals surface area contributed by atoms with Gasteiger partial charge in [-0.25, -0.2) is 13.4 Å². The largest absolute Gasteiger partial charge is 0.337 e. The zero-order valence-corrected chi connectivity index (χ0v) is 17.5. The average Bonchev–Trinajstić information content (AvgIpc) is 3.49. The van der Waals surface area contributed by atoms with Crippen LogP contribution in [0.5, 0.6) is 0 Å². The number of nitrogens with one attached hydrogen (secondary N) is 1. The SMILES string of the molecule is CCn1cc(S(=O)(=O)N2CC[C@]3(C(=O)Nc4ccccc43)[C@@H]2c2nccn2C)cn1. The summed E-state index contributed by atoms with van der Waals surface area (Å²) >= 11 is 0. The molecule has 0 aliphatic carbocycles. The summed E-state index contributed by atoms with van der Waals surface area (Å²) in [5.74, 6) is 0.337. The van der Waals surface area contributed by atoms with Gasteiger partial charge in [0.2, 0.25) is 15.9 Å². The molecule has 1 spiro atoms. The van der Waals surface area contributed by atoms with Crippen LogP contribution in [0.4, 0.5) is 5.69 Å². The number of aromatic nitrogens is 4. The van der Waals surface area contributed by atoms with Crippen molar-refractivity contribution in [2.45, 2.75) is 36.2 Å². The maximum absolute atomic E-state index is 13.6. The highest BCUT2D eigenvalue weighted by Gasteiger charge is 2.62. The molecule has 30 heavy (non-hydrogen) atoms. The highest BCUT2D eigenvalue weighted by Crippen LogP contribution is 2.55. The molecule has 9 nitrogen and oxygen atoms in total. The van der Waals surface area contributed by atoms with Crippen molar-refractivity contribution in [2.75, 3.05) is 11.9 Å². The quantitative estimate of drug-likeness (QED) is 0.684. The molecule has 1 aromatic carbocycles. The minimum atomic E-state index is -3.89. The van der Waals surface area contributed by atoms with Gasteiger partial charge in [0, 0.05) is 44.4 Å². The second-order valence-corrected chi connectivity index (χ2v) is 9.56. The van der Waals surface area contributed by atoms with Crippen molar-refractivity contribution in [3.8, 4) is 0 Å². The summed E-state index contributed by atoms with van der Waals surface area (Å²) in [6.07, 6.45) is 6.65. The first-order valence-electron chi connectivity index (χ1n) is 9.82. The molecule has 10 heteroatoms. The van der Waals surface area contributed by atoms with Crippen molar-refractivity contribution >= 4 is 21.6 Å². The third kappa shape index (κ3) is 2.43. The summed E-state index contributed by atoms with van der Waals surface area (Å²) in [5, 5.41) is 7.08. The number of para-hydroxylation sites is 1. The van der Waals surface area contributed by atoms with Crippen molar-refractivity contribution in [3.05, 3.63) is 60.4 Å². The van der Waals surface area contributed by atoms with E-state index >= 15 is 0 Å². The van der Waals surface area contributed by atoms with Crippen LogP contribution in [0.2, 0.25) is 0 Å². The summed E-state index contributed by atoms with van der Waals surface area (Å²) in [4.78, 5) is 17.9. The lowest BCUT2D eigenvalue weighted by Gasteiger charge is -2.32. The molecule has 0 radical (unpaired) electrons. The number of benzene rings is 1. The molecule has 0 saturated carbocycles.